The van der Waals surface area contributed by atoms with Crippen molar-refractivity contribution in [3.63, 3.8) is 0 Å². The summed E-state index contributed by atoms with van der Waals surface area (Å²) in [7, 11) is 0. The minimum Gasteiger partial charge on any atom is -0.465 e. The van der Waals surface area contributed by atoms with Crippen LogP contribution in [0.25, 0.3) is 0 Å². The van der Waals surface area contributed by atoms with Gasteiger partial charge in [-0.2, -0.15) is 0 Å². The number of hydrogen-bond donors (Lipinski definition) is 2. The molecule has 27 heavy (non-hydrogen) atoms. The first-order valence-electron chi connectivity index (χ1n) is 8.96. The van der Waals surface area contributed by atoms with Gasteiger partial charge in [-0.15, -0.1) is 0 Å². The summed E-state index contributed by atoms with van der Waals surface area (Å²) < 4.78 is 5.15. The summed E-state index contributed by atoms with van der Waals surface area (Å²) in [5.74, 6) is -0.907. The number of esters is 1. The van der Waals surface area contributed by atoms with Crippen LogP contribution in [0.15, 0.2) is 54.6 Å². The van der Waals surface area contributed by atoms with Crippen molar-refractivity contribution >= 4 is 23.5 Å². The Morgan fingerprint density at radius 2 is 1.74 bits per heavy atom. The molecule has 0 spiro atoms. The van der Waals surface area contributed by atoms with E-state index in [0.29, 0.717) is 30.8 Å². The highest BCUT2D eigenvalue weighted by Crippen LogP contribution is 2.11. The number of carbonyl (C=O) groups excluding carboxylic acids is 3. The summed E-state index contributed by atoms with van der Waals surface area (Å²) in [6.45, 7) is 2.66. The molecule has 142 valence electrons. The van der Waals surface area contributed by atoms with E-state index in [0.717, 1.165) is 5.56 Å². The molecule has 0 atom stereocenters. The van der Waals surface area contributed by atoms with Crippen molar-refractivity contribution in [2.24, 2.45) is 0 Å². The van der Waals surface area contributed by atoms with E-state index in [2.05, 4.69) is 10.6 Å². The largest absolute Gasteiger partial charge is 0.465 e. The summed E-state index contributed by atoms with van der Waals surface area (Å²) in [6, 6.07) is 16.4. The zero-order valence-corrected chi connectivity index (χ0v) is 15.4. The molecule has 0 aliphatic rings. The molecule has 6 heteroatoms. The standard InChI is InChI=1S/C21H24N2O4/c1-2-22-21(26)17-9-6-10-18(15-17)23-19(24)11-12-20(25)27-14-13-16-7-4-3-5-8-16/h3-10,15H,2,11-14H2,1H3,(H,22,26)(H,23,24). The van der Waals surface area contributed by atoms with E-state index in [9.17, 15) is 14.4 Å². The van der Waals surface area contributed by atoms with Gasteiger partial charge in [0, 0.05) is 30.6 Å². The third-order valence-electron chi connectivity index (χ3n) is 3.80. The summed E-state index contributed by atoms with van der Waals surface area (Å²) >= 11 is 0. The third kappa shape index (κ3) is 7.32. The highest BCUT2D eigenvalue weighted by Gasteiger charge is 2.10. The molecule has 2 aromatic rings. The fourth-order valence-corrected chi connectivity index (χ4v) is 2.44. The molecule has 0 radical (unpaired) electrons. The average Bonchev–Trinajstić information content (AvgIpc) is 2.68. The molecule has 6 nitrogen and oxygen atoms in total. The second kappa shape index (κ2) is 10.8. The number of ether oxygens (including phenoxy) is 1. The van der Waals surface area contributed by atoms with Gasteiger partial charge < -0.3 is 15.4 Å². The van der Waals surface area contributed by atoms with Gasteiger partial charge in [0.05, 0.1) is 13.0 Å². The van der Waals surface area contributed by atoms with Crippen molar-refractivity contribution in [1.29, 1.82) is 0 Å². The molecule has 2 aromatic carbocycles. The van der Waals surface area contributed by atoms with Crippen LogP contribution in [0.2, 0.25) is 0 Å². The van der Waals surface area contributed by atoms with Crippen molar-refractivity contribution in [2.45, 2.75) is 26.2 Å². The molecular formula is C21H24N2O4. The number of benzene rings is 2. The second-order valence-corrected chi connectivity index (χ2v) is 5.94. The van der Waals surface area contributed by atoms with E-state index in [4.69, 9.17) is 4.74 Å². The van der Waals surface area contributed by atoms with Crippen LogP contribution >= 0.6 is 0 Å². The van der Waals surface area contributed by atoms with E-state index >= 15 is 0 Å². The molecule has 0 saturated carbocycles. The molecule has 0 saturated heterocycles. The summed E-state index contributed by atoms with van der Waals surface area (Å²) in [5, 5.41) is 5.39. The highest BCUT2D eigenvalue weighted by atomic mass is 16.5. The summed E-state index contributed by atoms with van der Waals surface area (Å²) in [6.07, 6.45) is 0.678. The average molecular weight is 368 g/mol. The maximum atomic E-state index is 12.0. The van der Waals surface area contributed by atoms with E-state index < -0.39 is 5.97 Å². The smallest absolute Gasteiger partial charge is 0.306 e. The van der Waals surface area contributed by atoms with Crippen LogP contribution < -0.4 is 10.6 Å². The van der Waals surface area contributed by atoms with Gasteiger partial charge in [-0.1, -0.05) is 36.4 Å². The Bertz CT molecular complexity index is 775. The number of hydrogen-bond acceptors (Lipinski definition) is 4. The van der Waals surface area contributed by atoms with Gasteiger partial charge in [-0.3, -0.25) is 14.4 Å². The quantitative estimate of drug-likeness (QED) is 0.667. The van der Waals surface area contributed by atoms with Crippen LogP contribution in [0.1, 0.15) is 35.7 Å². The lowest BCUT2D eigenvalue weighted by molar-refractivity contribution is -0.144. The zero-order chi connectivity index (χ0) is 19.5. The maximum Gasteiger partial charge on any atom is 0.306 e. The fraction of sp³-hybridized carbons (Fsp3) is 0.286. The number of amides is 2. The monoisotopic (exact) mass is 368 g/mol. The number of carbonyl (C=O) groups is 3. The Kier molecular flexibility index (Phi) is 8.03. The Hall–Kier alpha value is -3.15. The van der Waals surface area contributed by atoms with Gasteiger partial charge in [-0.05, 0) is 30.7 Å². The van der Waals surface area contributed by atoms with E-state index in [1.807, 2.05) is 37.3 Å². The Balaban J connectivity index is 1.71. The number of nitrogens with one attached hydrogen (secondary N) is 2. The molecule has 0 aliphatic carbocycles. The topological polar surface area (TPSA) is 84.5 Å². The minimum absolute atomic E-state index is 0.0106. The first-order chi connectivity index (χ1) is 13.1. The van der Waals surface area contributed by atoms with Crippen molar-refractivity contribution in [2.75, 3.05) is 18.5 Å². The molecule has 0 unspecified atom stereocenters. The maximum absolute atomic E-state index is 12.0. The fourth-order valence-electron chi connectivity index (χ4n) is 2.44. The highest BCUT2D eigenvalue weighted by molar-refractivity contribution is 5.97. The Morgan fingerprint density at radius 1 is 0.963 bits per heavy atom. The van der Waals surface area contributed by atoms with E-state index in [1.54, 1.807) is 24.3 Å². The van der Waals surface area contributed by atoms with E-state index in [1.165, 1.54) is 0 Å². The van der Waals surface area contributed by atoms with Gasteiger partial charge in [0.15, 0.2) is 0 Å². The van der Waals surface area contributed by atoms with Crippen LogP contribution in [-0.4, -0.2) is 30.9 Å². The molecule has 0 bridgehead atoms. The van der Waals surface area contributed by atoms with Crippen LogP contribution in [0.3, 0.4) is 0 Å². The lowest BCUT2D eigenvalue weighted by Crippen LogP contribution is -2.22. The first kappa shape index (κ1) is 20.2. The lowest BCUT2D eigenvalue weighted by atomic mass is 10.2. The predicted octanol–water partition coefficient (Wildman–Crippen LogP) is 2.94. The molecule has 2 N–H and O–H groups in total. The van der Waals surface area contributed by atoms with Crippen LogP contribution in [0.5, 0.6) is 0 Å². The third-order valence-corrected chi connectivity index (χ3v) is 3.80. The SMILES string of the molecule is CCNC(=O)c1cccc(NC(=O)CCC(=O)OCCc2ccccc2)c1. The zero-order valence-electron chi connectivity index (χ0n) is 15.4. The molecule has 0 aliphatic heterocycles. The molecule has 0 aromatic heterocycles. The van der Waals surface area contributed by atoms with Gasteiger partial charge in [0.25, 0.3) is 5.91 Å². The van der Waals surface area contributed by atoms with Gasteiger partial charge in [-0.25, -0.2) is 0 Å². The molecule has 2 rings (SSSR count). The number of rotatable bonds is 9. The van der Waals surface area contributed by atoms with Crippen molar-refractivity contribution in [3.8, 4) is 0 Å². The Labute approximate surface area is 158 Å². The second-order valence-electron chi connectivity index (χ2n) is 5.94. The minimum atomic E-state index is -0.405. The van der Waals surface area contributed by atoms with Crippen molar-refractivity contribution < 1.29 is 19.1 Å². The van der Waals surface area contributed by atoms with Crippen LogP contribution in [0, 0.1) is 0 Å². The Morgan fingerprint density at radius 3 is 2.48 bits per heavy atom. The molecule has 0 fully saturated rings. The van der Waals surface area contributed by atoms with Crippen LogP contribution in [-0.2, 0) is 20.7 Å². The normalized spacial score (nSPS) is 10.1. The van der Waals surface area contributed by atoms with Crippen molar-refractivity contribution in [1.82, 2.24) is 5.32 Å². The van der Waals surface area contributed by atoms with Crippen molar-refractivity contribution in [3.05, 3.63) is 65.7 Å². The number of anilines is 1. The molecule has 2 amide bonds. The van der Waals surface area contributed by atoms with E-state index in [-0.39, 0.29) is 24.7 Å². The molecule has 0 heterocycles. The predicted molar refractivity (Wildman–Crippen MR) is 103 cm³/mol. The van der Waals surface area contributed by atoms with Gasteiger partial charge in [0.2, 0.25) is 5.91 Å². The van der Waals surface area contributed by atoms with Crippen LogP contribution in [0.4, 0.5) is 5.69 Å². The molecular weight excluding hydrogens is 344 g/mol. The summed E-state index contributed by atoms with van der Waals surface area (Å²) in [5.41, 5.74) is 2.08. The van der Waals surface area contributed by atoms with Gasteiger partial charge in [0.1, 0.15) is 0 Å². The first-order valence-corrected chi connectivity index (χ1v) is 8.96. The van der Waals surface area contributed by atoms with Gasteiger partial charge >= 0.3 is 5.97 Å². The lowest BCUT2D eigenvalue weighted by Gasteiger charge is -2.08. The summed E-state index contributed by atoms with van der Waals surface area (Å²) in [4.78, 5) is 35.6.